The first-order chi connectivity index (χ1) is 12.0. The number of urea groups is 1. The topological polar surface area (TPSA) is 61.4 Å². The lowest BCUT2D eigenvalue weighted by atomic mass is 9.96. The molecule has 0 atom stereocenters. The molecule has 0 heterocycles. The molecule has 5 nitrogen and oxygen atoms in total. The Morgan fingerprint density at radius 2 is 2.00 bits per heavy atom. The van der Waals surface area contributed by atoms with Crippen molar-refractivity contribution in [3.8, 4) is 0 Å². The molecule has 3 amide bonds. The minimum absolute atomic E-state index is 0.0958. The standard InChI is InChI=1S/C18H25ClFN3O2/c1-23(12-14-15(19)8-5-9-16(14)20)17(24)10-11-21-18(25)22-13-6-3-2-4-7-13/h5,8-9,13H,2-4,6-7,10-12H2,1H3,(H2,21,22,25). The van der Waals surface area contributed by atoms with Crippen molar-refractivity contribution in [3.05, 3.63) is 34.6 Å². The molecule has 1 aliphatic rings. The van der Waals surface area contributed by atoms with Gasteiger partial charge >= 0.3 is 6.03 Å². The van der Waals surface area contributed by atoms with Gasteiger partial charge < -0.3 is 15.5 Å². The van der Waals surface area contributed by atoms with Crippen LogP contribution in [0.5, 0.6) is 0 Å². The minimum Gasteiger partial charge on any atom is -0.341 e. The predicted octanol–water partition coefficient (Wildman–Crippen LogP) is 3.46. The van der Waals surface area contributed by atoms with E-state index in [9.17, 15) is 14.0 Å². The van der Waals surface area contributed by atoms with Crippen LogP contribution in [0.25, 0.3) is 0 Å². The molecule has 138 valence electrons. The highest BCUT2D eigenvalue weighted by atomic mass is 35.5. The highest BCUT2D eigenvalue weighted by molar-refractivity contribution is 6.31. The van der Waals surface area contributed by atoms with Gasteiger partial charge in [0.15, 0.2) is 0 Å². The van der Waals surface area contributed by atoms with Crippen molar-refractivity contribution in [2.24, 2.45) is 0 Å². The van der Waals surface area contributed by atoms with Crippen LogP contribution in [0.4, 0.5) is 9.18 Å². The van der Waals surface area contributed by atoms with Crippen molar-refractivity contribution < 1.29 is 14.0 Å². The first-order valence-electron chi connectivity index (χ1n) is 8.68. The van der Waals surface area contributed by atoms with Crippen molar-refractivity contribution in [2.75, 3.05) is 13.6 Å². The number of carbonyl (C=O) groups excluding carboxylic acids is 2. The summed E-state index contributed by atoms with van der Waals surface area (Å²) in [6.07, 6.45) is 5.70. The number of hydrogen-bond donors (Lipinski definition) is 2. The Bertz CT molecular complexity index is 586. The summed E-state index contributed by atoms with van der Waals surface area (Å²) in [6, 6.07) is 4.43. The molecule has 1 aromatic carbocycles. The van der Waals surface area contributed by atoms with E-state index in [2.05, 4.69) is 10.6 Å². The molecule has 0 bridgehead atoms. The number of hydrogen-bond acceptors (Lipinski definition) is 2. The van der Waals surface area contributed by atoms with E-state index in [0.717, 1.165) is 25.7 Å². The third kappa shape index (κ3) is 6.20. The fourth-order valence-electron chi connectivity index (χ4n) is 2.97. The zero-order valence-corrected chi connectivity index (χ0v) is 15.2. The Kier molecular flexibility index (Phi) is 7.50. The summed E-state index contributed by atoms with van der Waals surface area (Å²) in [7, 11) is 1.59. The zero-order chi connectivity index (χ0) is 18.2. The number of halogens is 2. The van der Waals surface area contributed by atoms with Crippen molar-refractivity contribution >= 4 is 23.5 Å². The van der Waals surface area contributed by atoms with Crippen molar-refractivity contribution in [2.45, 2.75) is 51.1 Å². The minimum atomic E-state index is -0.433. The molecule has 0 aliphatic heterocycles. The van der Waals surface area contributed by atoms with E-state index in [1.165, 1.54) is 23.5 Å². The van der Waals surface area contributed by atoms with Crippen molar-refractivity contribution in [1.29, 1.82) is 0 Å². The van der Waals surface area contributed by atoms with E-state index in [0.29, 0.717) is 10.6 Å². The zero-order valence-electron chi connectivity index (χ0n) is 14.5. The van der Waals surface area contributed by atoms with Gasteiger partial charge in [0.1, 0.15) is 5.82 Å². The lowest BCUT2D eigenvalue weighted by molar-refractivity contribution is -0.130. The number of nitrogens with zero attached hydrogens (tertiary/aromatic N) is 1. The summed E-state index contributed by atoms with van der Waals surface area (Å²) in [5, 5.41) is 5.94. The van der Waals surface area contributed by atoms with Crippen molar-refractivity contribution in [3.63, 3.8) is 0 Å². The van der Waals surface area contributed by atoms with Gasteiger partial charge in [-0.25, -0.2) is 9.18 Å². The maximum Gasteiger partial charge on any atom is 0.315 e. The Hall–Kier alpha value is -1.82. The molecule has 0 saturated heterocycles. The summed E-state index contributed by atoms with van der Waals surface area (Å²) in [4.78, 5) is 25.4. The van der Waals surface area contributed by atoms with Gasteiger partial charge in [-0.15, -0.1) is 0 Å². The fourth-order valence-corrected chi connectivity index (χ4v) is 3.19. The van der Waals surface area contributed by atoms with Crippen LogP contribution in [-0.4, -0.2) is 36.5 Å². The summed E-state index contributed by atoms with van der Waals surface area (Å²) in [6.45, 7) is 0.339. The van der Waals surface area contributed by atoms with Gasteiger partial charge in [-0.05, 0) is 25.0 Å². The summed E-state index contributed by atoms with van der Waals surface area (Å²) < 4.78 is 13.8. The molecular formula is C18H25ClFN3O2. The molecule has 1 aliphatic carbocycles. The van der Waals surface area contributed by atoms with E-state index in [-0.39, 0.29) is 37.5 Å². The van der Waals surface area contributed by atoms with E-state index >= 15 is 0 Å². The van der Waals surface area contributed by atoms with Gasteiger partial charge in [-0.2, -0.15) is 0 Å². The first kappa shape index (κ1) is 19.5. The molecule has 1 fully saturated rings. The number of nitrogens with one attached hydrogen (secondary N) is 2. The Balaban J connectivity index is 1.71. The summed E-state index contributed by atoms with van der Waals surface area (Å²) >= 11 is 5.97. The average Bonchev–Trinajstić information content (AvgIpc) is 2.59. The number of amides is 3. The molecular weight excluding hydrogens is 345 g/mol. The monoisotopic (exact) mass is 369 g/mol. The van der Waals surface area contributed by atoms with Gasteiger partial charge in [0, 0.05) is 43.2 Å². The van der Waals surface area contributed by atoms with Crippen LogP contribution in [0.3, 0.4) is 0 Å². The maximum atomic E-state index is 13.8. The summed E-state index contributed by atoms with van der Waals surface area (Å²) in [5.41, 5.74) is 0.294. The maximum absolute atomic E-state index is 13.8. The first-order valence-corrected chi connectivity index (χ1v) is 9.06. The van der Waals surface area contributed by atoms with Crippen LogP contribution in [0.2, 0.25) is 5.02 Å². The van der Waals surface area contributed by atoms with Crippen LogP contribution >= 0.6 is 11.6 Å². The average molecular weight is 370 g/mol. The smallest absolute Gasteiger partial charge is 0.315 e. The quantitative estimate of drug-likeness (QED) is 0.806. The van der Waals surface area contributed by atoms with Gasteiger partial charge in [0.25, 0.3) is 0 Å². The molecule has 25 heavy (non-hydrogen) atoms. The van der Waals surface area contributed by atoms with Crippen LogP contribution < -0.4 is 10.6 Å². The highest BCUT2D eigenvalue weighted by Crippen LogP contribution is 2.20. The normalized spacial score (nSPS) is 14.8. The van der Waals surface area contributed by atoms with Gasteiger partial charge in [-0.1, -0.05) is 36.9 Å². The second kappa shape index (κ2) is 9.61. The molecule has 0 spiro atoms. The van der Waals surface area contributed by atoms with Gasteiger partial charge in [-0.3, -0.25) is 4.79 Å². The number of carbonyl (C=O) groups is 2. The number of benzene rings is 1. The third-order valence-electron chi connectivity index (χ3n) is 4.45. The summed E-state index contributed by atoms with van der Waals surface area (Å²) in [5.74, 6) is -0.616. The second-order valence-electron chi connectivity index (χ2n) is 6.44. The van der Waals surface area contributed by atoms with E-state index in [1.54, 1.807) is 13.1 Å². The largest absolute Gasteiger partial charge is 0.341 e. The van der Waals surface area contributed by atoms with Crippen molar-refractivity contribution in [1.82, 2.24) is 15.5 Å². The fraction of sp³-hybridized carbons (Fsp3) is 0.556. The van der Waals surface area contributed by atoms with E-state index < -0.39 is 5.82 Å². The van der Waals surface area contributed by atoms with E-state index in [1.807, 2.05) is 0 Å². The third-order valence-corrected chi connectivity index (χ3v) is 4.80. The molecule has 0 aromatic heterocycles. The Labute approximate surface area is 152 Å². The molecule has 0 radical (unpaired) electrons. The molecule has 7 heteroatoms. The van der Waals surface area contributed by atoms with Crippen LogP contribution in [0.1, 0.15) is 44.1 Å². The van der Waals surface area contributed by atoms with Crippen LogP contribution in [0, 0.1) is 5.82 Å². The number of rotatable bonds is 6. The molecule has 1 aromatic rings. The van der Waals surface area contributed by atoms with Crippen LogP contribution in [0.15, 0.2) is 18.2 Å². The van der Waals surface area contributed by atoms with Gasteiger partial charge in [0.2, 0.25) is 5.91 Å². The lowest BCUT2D eigenvalue weighted by Crippen LogP contribution is -2.43. The van der Waals surface area contributed by atoms with Gasteiger partial charge in [0.05, 0.1) is 0 Å². The Morgan fingerprint density at radius 3 is 2.68 bits per heavy atom. The molecule has 2 N–H and O–H groups in total. The Morgan fingerprint density at radius 1 is 1.28 bits per heavy atom. The molecule has 1 saturated carbocycles. The molecule has 2 rings (SSSR count). The molecule has 0 unspecified atom stereocenters. The second-order valence-corrected chi connectivity index (χ2v) is 6.84. The van der Waals surface area contributed by atoms with E-state index in [4.69, 9.17) is 11.6 Å². The van der Waals surface area contributed by atoms with Crippen LogP contribution in [-0.2, 0) is 11.3 Å². The SMILES string of the molecule is CN(Cc1c(F)cccc1Cl)C(=O)CCNC(=O)NC1CCCCC1. The predicted molar refractivity (Wildman–Crippen MR) is 95.9 cm³/mol. The highest BCUT2D eigenvalue weighted by Gasteiger charge is 2.17. The lowest BCUT2D eigenvalue weighted by Gasteiger charge is -2.23.